The van der Waals surface area contributed by atoms with Gasteiger partial charge in [-0.3, -0.25) is 9.89 Å². The molecule has 4 rings (SSSR count). The summed E-state index contributed by atoms with van der Waals surface area (Å²) < 4.78 is 15.3. The number of anilines is 1. The highest BCUT2D eigenvalue weighted by atomic mass is 79.9. The molecule has 0 saturated heterocycles. The molecule has 2 aliphatic heterocycles. The first-order chi connectivity index (χ1) is 13.1. The number of benzene rings is 2. The zero-order valence-electron chi connectivity index (χ0n) is 14.7. The number of aliphatic hydroxyl groups is 1. The fraction of sp³-hybridized carbons (Fsp3) is 0.250. The van der Waals surface area contributed by atoms with Gasteiger partial charge in [0.1, 0.15) is 5.82 Å². The van der Waals surface area contributed by atoms with Crippen molar-refractivity contribution in [3.8, 4) is 0 Å². The second-order valence-electron chi connectivity index (χ2n) is 6.38. The van der Waals surface area contributed by atoms with E-state index < -0.39 is 6.23 Å². The minimum atomic E-state index is -0.916. The molecule has 2 heterocycles. The fourth-order valence-electron chi connectivity index (χ4n) is 3.38. The van der Waals surface area contributed by atoms with Gasteiger partial charge in [0.2, 0.25) is 0 Å². The summed E-state index contributed by atoms with van der Waals surface area (Å²) in [5.41, 5.74) is 3.00. The summed E-state index contributed by atoms with van der Waals surface area (Å²) in [6.07, 6.45) is 0.594. The van der Waals surface area contributed by atoms with E-state index in [0.29, 0.717) is 29.2 Å². The highest BCUT2D eigenvalue weighted by Gasteiger charge is 2.34. The van der Waals surface area contributed by atoms with Crippen molar-refractivity contribution in [3.05, 3.63) is 63.9 Å². The quantitative estimate of drug-likeness (QED) is 0.798. The molecule has 0 aliphatic carbocycles. The Balaban J connectivity index is 1.92. The number of hydrogen-bond donors (Lipinski definition) is 1. The molecule has 27 heavy (non-hydrogen) atoms. The maximum Gasteiger partial charge on any atom is 0.173 e. The average molecular weight is 429 g/mol. The smallest absolute Gasteiger partial charge is 0.173 e. The molecule has 0 saturated carbocycles. The van der Waals surface area contributed by atoms with E-state index in [1.807, 2.05) is 25.1 Å². The Hall–Kier alpha value is -2.38. The van der Waals surface area contributed by atoms with E-state index >= 15 is 0 Å². The van der Waals surface area contributed by atoms with Gasteiger partial charge in [0.05, 0.1) is 23.7 Å². The van der Waals surface area contributed by atoms with E-state index in [1.54, 1.807) is 23.1 Å². The molecule has 0 amide bonds. The number of nitrogens with zero attached hydrogens (tertiary/aromatic N) is 4. The molecule has 0 bridgehead atoms. The molecule has 0 spiro atoms. The van der Waals surface area contributed by atoms with E-state index in [1.165, 1.54) is 6.07 Å². The maximum atomic E-state index is 14.5. The second kappa shape index (κ2) is 7.32. The third-order valence-electron chi connectivity index (χ3n) is 4.62. The lowest BCUT2D eigenvalue weighted by molar-refractivity contribution is 0.245. The Labute approximate surface area is 165 Å². The molecule has 1 N–H and O–H groups in total. The molecule has 0 radical (unpaired) electrons. The summed E-state index contributed by atoms with van der Waals surface area (Å²) in [6, 6.07) is 12.2. The van der Waals surface area contributed by atoms with Crippen LogP contribution in [-0.4, -0.2) is 35.1 Å². The van der Waals surface area contributed by atoms with Crippen LogP contribution in [0, 0.1) is 5.82 Å². The predicted octanol–water partition coefficient (Wildman–Crippen LogP) is 4.13. The monoisotopic (exact) mass is 428 g/mol. The van der Waals surface area contributed by atoms with Crippen LogP contribution in [0.1, 0.15) is 30.9 Å². The highest BCUT2D eigenvalue weighted by molar-refractivity contribution is 9.10. The van der Waals surface area contributed by atoms with Crippen LogP contribution in [0.3, 0.4) is 0 Å². The molecule has 0 fully saturated rings. The number of rotatable bonds is 3. The summed E-state index contributed by atoms with van der Waals surface area (Å²) in [5, 5.41) is 19.4. The average Bonchev–Trinajstić information content (AvgIpc) is 2.83. The molecule has 1 unspecified atom stereocenters. The van der Waals surface area contributed by atoms with Gasteiger partial charge in [-0.25, -0.2) is 4.39 Å². The lowest BCUT2D eigenvalue weighted by Crippen LogP contribution is -2.48. The third kappa shape index (κ3) is 3.11. The molecule has 1 atom stereocenters. The van der Waals surface area contributed by atoms with Crippen molar-refractivity contribution < 1.29 is 9.50 Å². The van der Waals surface area contributed by atoms with Gasteiger partial charge in [-0.1, -0.05) is 47.5 Å². The number of fused-ring (bicyclic) bond motifs is 3. The summed E-state index contributed by atoms with van der Waals surface area (Å²) in [7, 11) is 0. The number of hydrogen-bond acceptors (Lipinski definition) is 5. The van der Waals surface area contributed by atoms with E-state index in [4.69, 9.17) is 0 Å². The van der Waals surface area contributed by atoms with Crippen LogP contribution in [0.25, 0.3) is 0 Å². The zero-order valence-corrected chi connectivity index (χ0v) is 16.3. The first kappa shape index (κ1) is 18.0. The van der Waals surface area contributed by atoms with Crippen LogP contribution in [0.5, 0.6) is 0 Å². The molecule has 138 valence electrons. The minimum absolute atomic E-state index is 0.199. The van der Waals surface area contributed by atoms with Crippen molar-refractivity contribution in [2.24, 2.45) is 15.2 Å². The van der Waals surface area contributed by atoms with Gasteiger partial charge in [0, 0.05) is 15.6 Å². The maximum absolute atomic E-state index is 14.5. The van der Waals surface area contributed by atoms with Gasteiger partial charge in [-0.05, 0) is 30.7 Å². The highest BCUT2D eigenvalue weighted by Crippen LogP contribution is 2.35. The van der Waals surface area contributed by atoms with Gasteiger partial charge in [0.15, 0.2) is 12.1 Å². The van der Waals surface area contributed by atoms with Crippen molar-refractivity contribution in [2.45, 2.75) is 26.0 Å². The summed E-state index contributed by atoms with van der Waals surface area (Å²) in [4.78, 5) is 6.39. The zero-order chi connectivity index (χ0) is 19.0. The summed E-state index contributed by atoms with van der Waals surface area (Å²) in [5.74, 6) is 0.191. The van der Waals surface area contributed by atoms with E-state index in [2.05, 4.69) is 31.1 Å². The first-order valence-corrected chi connectivity index (χ1v) is 9.60. The van der Waals surface area contributed by atoms with Crippen LogP contribution in [0.4, 0.5) is 10.1 Å². The van der Waals surface area contributed by atoms with Crippen molar-refractivity contribution >= 4 is 38.9 Å². The second-order valence-corrected chi connectivity index (χ2v) is 7.23. The van der Waals surface area contributed by atoms with Gasteiger partial charge in [0.25, 0.3) is 0 Å². The van der Waals surface area contributed by atoms with Crippen molar-refractivity contribution in [3.63, 3.8) is 0 Å². The normalized spacial score (nSPS) is 18.7. The number of aliphatic hydroxyl groups excluding tert-OH is 1. The number of halogens is 2. The van der Waals surface area contributed by atoms with E-state index in [9.17, 15) is 9.50 Å². The molecule has 2 aromatic carbocycles. The van der Waals surface area contributed by atoms with Crippen LogP contribution >= 0.6 is 15.9 Å². The molecule has 0 aromatic heterocycles. The van der Waals surface area contributed by atoms with Gasteiger partial charge >= 0.3 is 0 Å². The Morgan fingerprint density at radius 3 is 2.78 bits per heavy atom. The Bertz CT molecular complexity index is 986. The minimum Gasteiger partial charge on any atom is -0.368 e. The van der Waals surface area contributed by atoms with Crippen LogP contribution < -0.4 is 4.90 Å². The number of amidine groups is 1. The van der Waals surface area contributed by atoms with Crippen LogP contribution in [0.2, 0.25) is 0 Å². The number of aliphatic imine (C=N–C) groups is 1. The summed E-state index contributed by atoms with van der Waals surface area (Å²) >= 11 is 3.58. The van der Waals surface area contributed by atoms with Gasteiger partial charge < -0.3 is 5.11 Å². The Morgan fingerprint density at radius 1 is 1.19 bits per heavy atom. The lowest BCUT2D eigenvalue weighted by Gasteiger charge is -2.33. The summed E-state index contributed by atoms with van der Waals surface area (Å²) in [6.45, 7) is 2.23. The molecule has 5 nitrogen and oxygen atoms in total. The Morgan fingerprint density at radius 2 is 2.00 bits per heavy atom. The topological polar surface area (TPSA) is 60.5 Å². The van der Waals surface area contributed by atoms with Gasteiger partial charge in [-0.2, -0.15) is 5.10 Å². The van der Waals surface area contributed by atoms with E-state index in [0.717, 1.165) is 22.1 Å². The molecule has 2 aromatic rings. The SMILES string of the molecule is CCCC1=NN=C2CN=C(c3ccccc3F)c3c(Br)cccc3N2C1O. The van der Waals surface area contributed by atoms with Crippen LogP contribution in [-0.2, 0) is 0 Å². The largest absolute Gasteiger partial charge is 0.368 e. The predicted molar refractivity (Wildman–Crippen MR) is 109 cm³/mol. The molecular weight excluding hydrogens is 411 g/mol. The van der Waals surface area contributed by atoms with Crippen molar-refractivity contribution in [2.75, 3.05) is 11.4 Å². The van der Waals surface area contributed by atoms with E-state index in [-0.39, 0.29) is 12.4 Å². The molecule has 7 heteroatoms. The Kier molecular flexibility index (Phi) is 4.88. The van der Waals surface area contributed by atoms with Crippen LogP contribution in [0.15, 0.2) is 62.1 Å². The fourth-order valence-corrected chi connectivity index (χ4v) is 3.92. The van der Waals surface area contributed by atoms with Gasteiger partial charge in [-0.15, -0.1) is 5.10 Å². The molecular formula is C20H18BrFN4O. The first-order valence-electron chi connectivity index (χ1n) is 8.80. The van der Waals surface area contributed by atoms with Crippen molar-refractivity contribution in [1.82, 2.24) is 0 Å². The standard InChI is InChI=1S/C20H18BrFN4O/c1-2-6-15-20(27)26-16-10-5-8-13(21)18(16)19(23-11-17(26)25-24-15)12-7-3-4-9-14(12)22/h3-5,7-10,20,27H,2,6,11H2,1H3. The van der Waals surface area contributed by atoms with Crippen molar-refractivity contribution in [1.29, 1.82) is 0 Å². The molecule has 2 aliphatic rings. The lowest BCUT2D eigenvalue weighted by atomic mass is 9.99. The third-order valence-corrected chi connectivity index (χ3v) is 5.28.